The maximum absolute atomic E-state index is 9.88. The van der Waals surface area contributed by atoms with E-state index < -0.39 is 0 Å². The van der Waals surface area contributed by atoms with Gasteiger partial charge in [0, 0.05) is 5.75 Å². The summed E-state index contributed by atoms with van der Waals surface area (Å²) in [4.78, 5) is 0. The summed E-state index contributed by atoms with van der Waals surface area (Å²) >= 11 is 4.70. The molecule has 0 heterocycles. The van der Waals surface area contributed by atoms with E-state index in [-0.39, 0.29) is 5.75 Å². The standard InChI is InChI=1S/C17H18BrN3O2S/c1-2-23-15-9-13(8-14(18)16(15)22)10-20-21-17(19)24-11-12-6-4-3-5-7-12/h3-10,22H,2,11H2,1H3,(H2,19,21). The van der Waals surface area contributed by atoms with Crippen LogP contribution in [-0.2, 0) is 5.75 Å². The first kappa shape index (κ1) is 18.4. The number of phenolic OH excluding ortho intramolecular Hbond substituents is 1. The number of rotatable bonds is 6. The van der Waals surface area contributed by atoms with Gasteiger partial charge >= 0.3 is 0 Å². The lowest BCUT2D eigenvalue weighted by molar-refractivity contribution is 0.317. The van der Waals surface area contributed by atoms with Crippen molar-refractivity contribution in [2.24, 2.45) is 15.9 Å². The first-order valence-electron chi connectivity index (χ1n) is 7.28. The molecule has 0 saturated heterocycles. The summed E-state index contributed by atoms with van der Waals surface area (Å²) in [6.45, 7) is 2.31. The maximum atomic E-state index is 9.88. The minimum absolute atomic E-state index is 0.0652. The van der Waals surface area contributed by atoms with Crippen molar-refractivity contribution < 1.29 is 9.84 Å². The molecule has 0 radical (unpaired) electrons. The second kappa shape index (κ2) is 9.34. The SMILES string of the molecule is CCOc1cc(C=NN=C(N)SCc2ccccc2)cc(Br)c1O. The minimum atomic E-state index is 0.0652. The lowest BCUT2D eigenvalue weighted by Crippen LogP contribution is -2.06. The fourth-order valence-corrected chi connectivity index (χ4v) is 2.92. The monoisotopic (exact) mass is 407 g/mol. The van der Waals surface area contributed by atoms with Crippen molar-refractivity contribution in [2.45, 2.75) is 12.7 Å². The fourth-order valence-electron chi connectivity index (χ4n) is 1.85. The molecule has 7 heteroatoms. The van der Waals surface area contributed by atoms with Gasteiger partial charge in [0.25, 0.3) is 0 Å². The van der Waals surface area contributed by atoms with E-state index >= 15 is 0 Å². The smallest absolute Gasteiger partial charge is 0.180 e. The van der Waals surface area contributed by atoms with Crippen LogP contribution in [-0.4, -0.2) is 23.1 Å². The third-order valence-electron chi connectivity index (χ3n) is 2.94. The van der Waals surface area contributed by atoms with E-state index in [1.165, 1.54) is 17.3 Å². The zero-order valence-corrected chi connectivity index (χ0v) is 15.5. The molecule has 0 amide bonds. The molecule has 24 heavy (non-hydrogen) atoms. The first-order valence-corrected chi connectivity index (χ1v) is 9.06. The van der Waals surface area contributed by atoms with Crippen LogP contribution < -0.4 is 10.5 Å². The van der Waals surface area contributed by atoms with E-state index in [1.807, 2.05) is 37.3 Å². The second-order valence-electron chi connectivity index (χ2n) is 4.74. The molecule has 2 aromatic carbocycles. The quantitative estimate of drug-likeness (QED) is 0.428. The van der Waals surface area contributed by atoms with Crippen LogP contribution in [0.5, 0.6) is 11.5 Å². The molecule has 0 aliphatic carbocycles. The number of phenols is 1. The second-order valence-corrected chi connectivity index (χ2v) is 6.59. The Balaban J connectivity index is 1.99. The average Bonchev–Trinajstić information content (AvgIpc) is 2.58. The number of halogens is 1. The maximum Gasteiger partial charge on any atom is 0.180 e. The van der Waals surface area contributed by atoms with Gasteiger partial charge in [-0.15, -0.1) is 5.10 Å². The molecule has 2 rings (SSSR count). The largest absolute Gasteiger partial charge is 0.503 e. The van der Waals surface area contributed by atoms with E-state index in [9.17, 15) is 5.11 Å². The molecule has 0 spiro atoms. The number of thioether (sulfide) groups is 1. The molecular weight excluding hydrogens is 390 g/mol. The molecular formula is C17H18BrN3O2S. The highest BCUT2D eigenvalue weighted by Gasteiger charge is 2.08. The van der Waals surface area contributed by atoms with E-state index in [4.69, 9.17) is 10.5 Å². The molecule has 0 aromatic heterocycles. The zero-order chi connectivity index (χ0) is 17.4. The van der Waals surface area contributed by atoms with Gasteiger partial charge in [0.15, 0.2) is 16.7 Å². The van der Waals surface area contributed by atoms with E-state index in [0.29, 0.717) is 22.0 Å². The molecule has 5 nitrogen and oxygen atoms in total. The third kappa shape index (κ3) is 5.58. The number of amidine groups is 1. The van der Waals surface area contributed by atoms with Gasteiger partial charge in [-0.1, -0.05) is 42.1 Å². The van der Waals surface area contributed by atoms with Crippen molar-refractivity contribution in [2.75, 3.05) is 6.61 Å². The van der Waals surface area contributed by atoms with Crippen LogP contribution in [0.25, 0.3) is 0 Å². The van der Waals surface area contributed by atoms with Crippen LogP contribution in [0, 0.1) is 0 Å². The highest BCUT2D eigenvalue weighted by molar-refractivity contribution is 9.10. The minimum Gasteiger partial charge on any atom is -0.503 e. The molecule has 3 N–H and O–H groups in total. The summed E-state index contributed by atoms with van der Waals surface area (Å²) in [5.74, 6) is 1.20. The van der Waals surface area contributed by atoms with Gasteiger partial charge in [0.05, 0.1) is 17.3 Å². The Morgan fingerprint density at radius 1 is 1.33 bits per heavy atom. The van der Waals surface area contributed by atoms with Crippen molar-refractivity contribution in [3.8, 4) is 11.5 Å². The number of hydrogen-bond acceptors (Lipinski definition) is 5. The Labute approximate surface area is 153 Å². The molecule has 0 fully saturated rings. The zero-order valence-electron chi connectivity index (χ0n) is 13.1. The Bertz CT molecular complexity index is 736. The summed E-state index contributed by atoms with van der Waals surface area (Å²) in [7, 11) is 0. The van der Waals surface area contributed by atoms with Gasteiger partial charge < -0.3 is 15.6 Å². The van der Waals surface area contributed by atoms with Gasteiger partial charge in [0.2, 0.25) is 0 Å². The number of ether oxygens (including phenoxy) is 1. The van der Waals surface area contributed by atoms with Gasteiger partial charge in [-0.05, 0) is 46.1 Å². The highest BCUT2D eigenvalue weighted by Crippen LogP contribution is 2.35. The van der Waals surface area contributed by atoms with Gasteiger partial charge in [-0.3, -0.25) is 0 Å². The van der Waals surface area contributed by atoms with Gasteiger partial charge in [-0.25, -0.2) is 0 Å². The Morgan fingerprint density at radius 2 is 2.08 bits per heavy atom. The van der Waals surface area contributed by atoms with Crippen molar-refractivity contribution in [3.05, 3.63) is 58.1 Å². The molecule has 2 aromatic rings. The predicted molar refractivity (Wildman–Crippen MR) is 104 cm³/mol. The predicted octanol–water partition coefficient (Wildman–Crippen LogP) is 4.14. The van der Waals surface area contributed by atoms with Crippen LogP contribution in [0.4, 0.5) is 0 Å². The third-order valence-corrected chi connectivity index (χ3v) is 4.40. The number of nitrogens with zero attached hydrogens (tertiary/aromatic N) is 2. The summed E-state index contributed by atoms with van der Waals surface area (Å²) in [5, 5.41) is 18.2. The molecule has 126 valence electrons. The molecule has 0 unspecified atom stereocenters. The summed E-state index contributed by atoms with van der Waals surface area (Å²) in [6, 6.07) is 13.4. The fraction of sp³-hybridized carbons (Fsp3) is 0.176. The summed E-state index contributed by atoms with van der Waals surface area (Å²) < 4.78 is 5.90. The Morgan fingerprint density at radius 3 is 2.79 bits per heavy atom. The number of nitrogens with two attached hydrogens (primary N) is 1. The number of aromatic hydroxyl groups is 1. The first-order chi connectivity index (χ1) is 11.6. The van der Waals surface area contributed by atoms with Gasteiger partial charge in [0.1, 0.15) is 0 Å². The van der Waals surface area contributed by atoms with E-state index in [0.717, 1.165) is 11.3 Å². The van der Waals surface area contributed by atoms with Crippen LogP contribution in [0.1, 0.15) is 18.1 Å². The number of benzene rings is 2. The molecule has 0 aliphatic rings. The van der Waals surface area contributed by atoms with Crippen molar-refractivity contribution >= 4 is 39.1 Å². The van der Waals surface area contributed by atoms with Crippen LogP contribution in [0.15, 0.2) is 57.1 Å². The summed E-state index contributed by atoms with van der Waals surface area (Å²) in [5.41, 5.74) is 7.76. The van der Waals surface area contributed by atoms with E-state index in [2.05, 4.69) is 26.1 Å². The topological polar surface area (TPSA) is 80.2 Å². The molecule has 0 aliphatic heterocycles. The molecule has 0 atom stereocenters. The lowest BCUT2D eigenvalue weighted by Gasteiger charge is -2.08. The van der Waals surface area contributed by atoms with Gasteiger partial charge in [-0.2, -0.15) is 5.10 Å². The normalized spacial score (nSPS) is 11.8. The van der Waals surface area contributed by atoms with Crippen molar-refractivity contribution in [3.63, 3.8) is 0 Å². The highest BCUT2D eigenvalue weighted by atomic mass is 79.9. The van der Waals surface area contributed by atoms with Crippen LogP contribution in [0.3, 0.4) is 0 Å². The van der Waals surface area contributed by atoms with Crippen LogP contribution >= 0.6 is 27.7 Å². The van der Waals surface area contributed by atoms with Crippen LogP contribution in [0.2, 0.25) is 0 Å². The number of hydrogen-bond donors (Lipinski definition) is 2. The summed E-state index contributed by atoms with van der Waals surface area (Å²) in [6.07, 6.45) is 1.56. The molecule has 0 bridgehead atoms. The lowest BCUT2D eigenvalue weighted by atomic mass is 10.2. The van der Waals surface area contributed by atoms with E-state index in [1.54, 1.807) is 18.3 Å². The Kier molecular flexibility index (Phi) is 7.14. The Hall–Kier alpha value is -1.99. The van der Waals surface area contributed by atoms with Crippen molar-refractivity contribution in [1.82, 2.24) is 0 Å². The molecule has 0 saturated carbocycles. The van der Waals surface area contributed by atoms with Crippen molar-refractivity contribution in [1.29, 1.82) is 0 Å². The average molecular weight is 408 g/mol.